The van der Waals surface area contributed by atoms with Gasteiger partial charge in [-0.25, -0.2) is 21.6 Å². The van der Waals surface area contributed by atoms with Crippen molar-refractivity contribution in [2.24, 2.45) is 0 Å². The molecule has 1 aromatic heterocycles. The average Bonchev–Trinajstić information content (AvgIpc) is 3.06. The van der Waals surface area contributed by atoms with Gasteiger partial charge in [-0.1, -0.05) is 6.07 Å². The number of sulfonamides is 2. The number of rotatable bonds is 5. The predicted octanol–water partition coefficient (Wildman–Crippen LogP) is 2.16. The van der Waals surface area contributed by atoms with Crippen LogP contribution in [0.4, 0.5) is 5.69 Å². The maximum atomic E-state index is 12.3. The van der Waals surface area contributed by atoms with Gasteiger partial charge in [0.25, 0.3) is 0 Å². The minimum absolute atomic E-state index is 0.122. The minimum atomic E-state index is -3.62. The van der Waals surface area contributed by atoms with E-state index in [-0.39, 0.29) is 17.2 Å². The van der Waals surface area contributed by atoms with Gasteiger partial charge in [0.05, 0.1) is 16.3 Å². The largest absolute Gasteiger partial charge is 0.270 e. The topological polar surface area (TPSA) is 83.6 Å². The van der Waals surface area contributed by atoms with Gasteiger partial charge in [-0.2, -0.15) is 0 Å². The average molecular weight is 387 g/mol. The predicted molar refractivity (Wildman–Crippen MR) is 95.2 cm³/mol. The molecule has 1 aromatic carbocycles. The van der Waals surface area contributed by atoms with Gasteiger partial charge in [0.15, 0.2) is 0 Å². The van der Waals surface area contributed by atoms with Crippen molar-refractivity contribution in [2.45, 2.75) is 24.3 Å². The fraction of sp³-hybridized carbons (Fsp3) is 0.333. The maximum absolute atomic E-state index is 12.3. The third-order valence-corrected chi connectivity index (χ3v) is 7.96. The van der Waals surface area contributed by atoms with Gasteiger partial charge < -0.3 is 0 Å². The van der Waals surface area contributed by atoms with Crippen molar-refractivity contribution in [3.8, 4) is 0 Å². The second-order valence-corrected chi connectivity index (χ2v) is 10.3. The highest BCUT2D eigenvalue weighted by molar-refractivity contribution is 7.92. The van der Waals surface area contributed by atoms with Gasteiger partial charge >= 0.3 is 0 Å². The van der Waals surface area contributed by atoms with Gasteiger partial charge in [0.2, 0.25) is 20.0 Å². The molecule has 0 radical (unpaired) electrons. The van der Waals surface area contributed by atoms with Crippen LogP contribution in [0.1, 0.15) is 17.7 Å². The lowest BCUT2D eigenvalue weighted by Crippen LogP contribution is -2.37. The third-order valence-electron chi connectivity index (χ3n) is 3.80. The molecule has 2 aromatic rings. The molecule has 0 saturated carbocycles. The van der Waals surface area contributed by atoms with Crippen LogP contribution in [0, 0.1) is 0 Å². The van der Waals surface area contributed by atoms with Crippen molar-refractivity contribution < 1.29 is 16.8 Å². The first kappa shape index (κ1) is 17.4. The molecule has 0 aliphatic carbocycles. The molecule has 6 nitrogen and oxygen atoms in total. The third kappa shape index (κ3) is 3.80. The maximum Gasteiger partial charge on any atom is 0.240 e. The molecule has 1 aliphatic heterocycles. The van der Waals surface area contributed by atoms with E-state index in [9.17, 15) is 16.8 Å². The first-order chi connectivity index (χ1) is 11.4. The molecule has 1 N–H and O–H groups in total. The van der Waals surface area contributed by atoms with Crippen LogP contribution in [-0.4, -0.2) is 29.1 Å². The molecule has 1 aliphatic rings. The molecule has 1 fully saturated rings. The summed E-state index contributed by atoms with van der Waals surface area (Å²) in [5.74, 6) is 0.134. The van der Waals surface area contributed by atoms with Gasteiger partial charge in [-0.3, -0.25) is 4.31 Å². The van der Waals surface area contributed by atoms with E-state index in [1.165, 1.54) is 27.8 Å². The van der Waals surface area contributed by atoms with E-state index >= 15 is 0 Å². The summed E-state index contributed by atoms with van der Waals surface area (Å²) in [5, 5.41) is 1.89. The summed E-state index contributed by atoms with van der Waals surface area (Å²) in [7, 11) is -6.92. The Labute approximate surface area is 146 Å². The summed E-state index contributed by atoms with van der Waals surface area (Å²) in [6, 6.07) is 9.69. The second-order valence-electron chi connectivity index (χ2n) is 5.49. The Balaban J connectivity index is 1.76. The summed E-state index contributed by atoms with van der Waals surface area (Å²) in [6.07, 6.45) is 1.47. The van der Waals surface area contributed by atoms with E-state index < -0.39 is 20.0 Å². The zero-order valence-corrected chi connectivity index (χ0v) is 15.3. The standard InChI is InChI=1S/C15H18N2O4S3/c18-23(19)11-2-1-9-17(23)13-5-7-15(8-6-13)24(20,21)16-12-14-4-3-10-22-14/h3-8,10,16H,1-2,9,11-12H2. The Bertz CT molecular complexity index is 889. The van der Waals surface area contributed by atoms with E-state index in [2.05, 4.69) is 4.72 Å². The van der Waals surface area contributed by atoms with E-state index in [1.807, 2.05) is 17.5 Å². The number of benzene rings is 1. The SMILES string of the molecule is O=S(=O)(NCc1cccs1)c1ccc(N2CCCCS2(=O)=O)cc1. The van der Waals surface area contributed by atoms with E-state index in [4.69, 9.17) is 0 Å². The van der Waals surface area contributed by atoms with Crippen molar-refractivity contribution >= 4 is 37.1 Å². The molecule has 9 heteroatoms. The number of anilines is 1. The van der Waals surface area contributed by atoms with Crippen LogP contribution >= 0.6 is 11.3 Å². The van der Waals surface area contributed by atoms with Crippen molar-refractivity contribution in [1.29, 1.82) is 0 Å². The molecular weight excluding hydrogens is 368 g/mol. The van der Waals surface area contributed by atoms with Crippen LogP contribution in [0.15, 0.2) is 46.7 Å². The number of nitrogens with zero attached hydrogens (tertiary/aromatic N) is 1. The van der Waals surface area contributed by atoms with Gasteiger partial charge in [0, 0.05) is 18.0 Å². The molecule has 0 spiro atoms. The lowest BCUT2D eigenvalue weighted by atomic mass is 10.3. The van der Waals surface area contributed by atoms with Crippen LogP contribution in [0.3, 0.4) is 0 Å². The van der Waals surface area contributed by atoms with Crippen LogP contribution in [0.5, 0.6) is 0 Å². The first-order valence-corrected chi connectivity index (χ1v) is 11.5. The van der Waals surface area contributed by atoms with Crippen LogP contribution in [0.2, 0.25) is 0 Å². The van der Waals surface area contributed by atoms with E-state index in [1.54, 1.807) is 12.1 Å². The van der Waals surface area contributed by atoms with Crippen molar-refractivity contribution in [1.82, 2.24) is 4.72 Å². The quantitative estimate of drug-likeness (QED) is 0.853. The van der Waals surface area contributed by atoms with Gasteiger partial charge in [0.1, 0.15) is 0 Å². The summed E-state index contributed by atoms with van der Waals surface area (Å²) >= 11 is 1.48. The minimum Gasteiger partial charge on any atom is -0.270 e. The summed E-state index contributed by atoms with van der Waals surface area (Å²) < 4.78 is 52.7. The Kier molecular flexibility index (Phi) is 4.95. The second kappa shape index (κ2) is 6.83. The Morgan fingerprint density at radius 2 is 1.88 bits per heavy atom. The molecule has 130 valence electrons. The van der Waals surface area contributed by atoms with Crippen molar-refractivity contribution in [2.75, 3.05) is 16.6 Å². The van der Waals surface area contributed by atoms with E-state index in [0.29, 0.717) is 18.7 Å². The van der Waals surface area contributed by atoms with Crippen molar-refractivity contribution in [3.63, 3.8) is 0 Å². The molecule has 0 unspecified atom stereocenters. The fourth-order valence-corrected chi connectivity index (χ4v) is 5.92. The lowest BCUT2D eigenvalue weighted by Gasteiger charge is -2.28. The zero-order chi connectivity index (χ0) is 17.2. The summed E-state index contributed by atoms with van der Waals surface area (Å²) in [6.45, 7) is 0.674. The smallest absolute Gasteiger partial charge is 0.240 e. The molecule has 1 saturated heterocycles. The number of thiophene rings is 1. The Hall–Kier alpha value is -1.42. The van der Waals surface area contributed by atoms with Crippen LogP contribution < -0.4 is 9.03 Å². The summed E-state index contributed by atoms with van der Waals surface area (Å²) in [5.41, 5.74) is 0.506. The van der Waals surface area contributed by atoms with E-state index in [0.717, 1.165) is 11.3 Å². The molecule has 0 amide bonds. The normalized spacial score (nSPS) is 17.8. The molecule has 0 bridgehead atoms. The monoisotopic (exact) mass is 386 g/mol. The Morgan fingerprint density at radius 1 is 1.12 bits per heavy atom. The lowest BCUT2D eigenvalue weighted by molar-refractivity contribution is 0.574. The molecule has 3 rings (SSSR count). The van der Waals surface area contributed by atoms with Crippen LogP contribution in [0.25, 0.3) is 0 Å². The molecular formula is C15H18N2O4S3. The molecule has 2 heterocycles. The van der Waals surface area contributed by atoms with Gasteiger partial charge in [-0.05, 0) is 48.6 Å². The fourth-order valence-electron chi connectivity index (χ4n) is 2.53. The molecule has 0 atom stereocenters. The highest BCUT2D eigenvalue weighted by atomic mass is 32.2. The van der Waals surface area contributed by atoms with Crippen LogP contribution in [-0.2, 0) is 26.6 Å². The number of nitrogens with one attached hydrogen (secondary N) is 1. The van der Waals surface area contributed by atoms with Gasteiger partial charge in [-0.15, -0.1) is 11.3 Å². The molecule has 24 heavy (non-hydrogen) atoms. The first-order valence-electron chi connectivity index (χ1n) is 7.51. The number of hydrogen-bond acceptors (Lipinski definition) is 5. The Morgan fingerprint density at radius 3 is 2.50 bits per heavy atom. The zero-order valence-electron chi connectivity index (χ0n) is 12.9. The summed E-state index contributed by atoms with van der Waals surface area (Å²) in [4.78, 5) is 1.05. The highest BCUT2D eigenvalue weighted by Crippen LogP contribution is 2.25. The van der Waals surface area contributed by atoms with Crippen molar-refractivity contribution in [3.05, 3.63) is 46.7 Å². The highest BCUT2D eigenvalue weighted by Gasteiger charge is 2.26. The number of hydrogen-bond donors (Lipinski definition) is 1.